The number of hydrogen-bond donors (Lipinski definition) is 0. The predicted octanol–water partition coefficient (Wildman–Crippen LogP) is 14.9. The summed E-state index contributed by atoms with van der Waals surface area (Å²) in [7, 11) is -6.83. The molecule has 0 saturated heterocycles. The minimum absolute atomic E-state index is 0. The Kier molecular flexibility index (Phi) is 70.1. The predicted molar refractivity (Wildman–Crippen MR) is 155 cm³/mol. The Morgan fingerprint density at radius 2 is 0.667 bits per heavy atom. The SMILES string of the molecule is C.C.C.C.CCF.CF.FCF.FCF.FCF.FCF.FCF.FCOC(F)(F)C(F)(OC(F)(F)C(F)(F)Br)C(F)(F)F.O=S(=O)(F)C(F)(F)C(F)(F)C(F)(F)OCF. The van der Waals surface area contributed by atoms with Crippen LogP contribution in [0.25, 0.3) is 0 Å². The maximum absolute atomic E-state index is 13.1. The molecule has 0 heterocycles. The van der Waals surface area contributed by atoms with Gasteiger partial charge in [0.2, 0.25) is 34.6 Å². The van der Waals surface area contributed by atoms with E-state index >= 15 is 0 Å². The topological polar surface area (TPSA) is 61.8 Å². The van der Waals surface area contributed by atoms with Crippen LogP contribution >= 0.6 is 15.9 Å². The zero-order valence-electron chi connectivity index (χ0n) is 26.2. The van der Waals surface area contributed by atoms with Crippen molar-refractivity contribution in [3.8, 4) is 0 Å². The van der Waals surface area contributed by atoms with Gasteiger partial charge in [-0.25, -0.2) is 52.7 Å². The van der Waals surface area contributed by atoms with Gasteiger partial charge in [-0.05, 0) is 6.92 Å². The summed E-state index contributed by atoms with van der Waals surface area (Å²) in [6, 6.07) is 0. The smallest absolute Gasteiger partial charge is 0.284 e. The van der Waals surface area contributed by atoms with Crippen molar-refractivity contribution in [2.45, 2.75) is 83.0 Å². The van der Waals surface area contributed by atoms with Crippen LogP contribution in [0.4, 0.5) is 136 Å². The molecule has 0 rings (SSSR count). The first-order chi connectivity index (χ1) is 24.8. The van der Waals surface area contributed by atoms with E-state index in [1.54, 1.807) is 0 Å². The normalized spacial score (nSPS) is 12.0. The summed E-state index contributed by atoms with van der Waals surface area (Å²) >= 11 is 0.823. The summed E-state index contributed by atoms with van der Waals surface area (Å²) in [6.07, 6.45) is -25.9. The molecule has 1 atom stereocenters. The molecular formula is C22H38BrF31O5S. The van der Waals surface area contributed by atoms with Gasteiger partial charge in [-0.15, -0.1) is 0 Å². The minimum atomic E-state index is -7.33. The third-order valence-electron chi connectivity index (χ3n) is 2.85. The first-order valence-electron chi connectivity index (χ1n) is 11.1. The van der Waals surface area contributed by atoms with Gasteiger partial charge in [0.25, 0.3) is 0 Å². The van der Waals surface area contributed by atoms with Gasteiger partial charge in [0.15, 0.2) is 13.7 Å². The van der Waals surface area contributed by atoms with Crippen molar-refractivity contribution < 1.29 is 158 Å². The molecule has 0 aliphatic carbocycles. The van der Waals surface area contributed by atoms with E-state index < -0.39 is 105 Å². The standard InChI is InChI=1S/C6H2BrF11O2.C4H2F8O3S.C2H5F.5CH2F2.CH3F.4CH4/c7-3(10,11)6(17,18)20-2(9,4(12,13)14)5(15,16)19-1-8;5-1-15-3(8,9)2(6,7)4(10,11)16(12,13)14;1-2-3;5*2-1-3;1-2;;;;/h1H2;1H2;2H2,1H3;5*1H2;1H3;4*1H4. The number of rotatable bonds is 11. The summed E-state index contributed by atoms with van der Waals surface area (Å²) in [4.78, 5) is -5.63. The van der Waals surface area contributed by atoms with Crippen LogP contribution in [-0.4, -0.2) is 117 Å². The van der Waals surface area contributed by atoms with Crippen molar-refractivity contribution in [3.05, 3.63) is 0 Å². The number of halogens is 32. The maximum Gasteiger partial charge on any atom is 0.458 e. The van der Waals surface area contributed by atoms with E-state index in [0.29, 0.717) is 7.18 Å². The average Bonchev–Trinajstić information content (AvgIpc) is 2.99. The molecule has 0 aromatic rings. The molecule has 0 aromatic carbocycles. The molecule has 0 N–H and O–H groups in total. The number of alkyl halides is 31. The van der Waals surface area contributed by atoms with Gasteiger partial charge in [-0.1, -0.05) is 33.6 Å². The van der Waals surface area contributed by atoms with E-state index in [1.165, 1.54) is 6.92 Å². The van der Waals surface area contributed by atoms with Crippen molar-refractivity contribution >= 4 is 26.2 Å². The molecule has 5 nitrogen and oxygen atoms in total. The molecule has 0 amide bonds. The third kappa shape index (κ3) is 39.0. The van der Waals surface area contributed by atoms with Crippen LogP contribution < -0.4 is 0 Å². The first-order valence-corrected chi connectivity index (χ1v) is 13.3. The number of ether oxygens (including phenoxy) is 3. The Bertz CT molecular complexity index is 930. The van der Waals surface area contributed by atoms with E-state index in [2.05, 4.69) is 9.47 Å². The second-order valence-electron chi connectivity index (χ2n) is 6.05. The van der Waals surface area contributed by atoms with Crippen LogP contribution in [0.2, 0.25) is 0 Å². The summed E-state index contributed by atoms with van der Waals surface area (Å²) in [5.41, 5.74) is 0. The van der Waals surface area contributed by atoms with Gasteiger partial charge in [0.1, 0.15) is 0 Å². The first kappa shape index (κ1) is 93.2. The molecule has 0 bridgehead atoms. The van der Waals surface area contributed by atoms with E-state index in [-0.39, 0.29) is 36.4 Å². The fraction of sp³-hybridized carbons (Fsp3) is 1.00. The second-order valence-corrected chi connectivity index (χ2v) is 8.44. The molecule has 0 radical (unpaired) electrons. The van der Waals surface area contributed by atoms with Gasteiger partial charge in [0, 0.05) is 15.9 Å². The van der Waals surface area contributed by atoms with Crippen molar-refractivity contribution in [2.75, 3.05) is 62.2 Å². The quantitative estimate of drug-likeness (QED) is 0.117. The maximum atomic E-state index is 13.1. The zero-order chi connectivity index (χ0) is 48.3. The van der Waals surface area contributed by atoms with Crippen molar-refractivity contribution in [3.63, 3.8) is 0 Å². The minimum Gasteiger partial charge on any atom is -0.284 e. The summed E-state index contributed by atoms with van der Waals surface area (Å²) in [6.45, 7) is -12.9. The highest BCUT2D eigenvalue weighted by molar-refractivity contribution is 9.10. The van der Waals surface area contributed by atoms with Gasteiger partial charge in [-0.3, -0.25) is 23.0 Å². The lowest BCUT2D eigenvalue weighted by atomic mass is 10.2. The van der Waals surface area contributed by atoms with Crippen LogP contribution in [0.15, 0.2) is 0 Å². The molecule has 0 aliphatic rings. The number of hydrogen-bond acceptors (Lipinski definition) is 5. The zero-order valence-corrected chi connectivity index (χ0v) is 28.6. The molecule has 0 fully saturated rings. The van der Waals surface area contributed by atoms with Crippen LogP contribution in [0, 0.1) is 0 Å². The highest BCUT2D eigenvalue weighted by atomic mass is 79.9. The molecule has 38 heteroatoms. The van der Waals surface area contributed by atoms with Gasteiger partial charge >= 0.3 is 56.6 Å². The summed E-state index contributed by atoms with van der Waals surface area (Å²) in [5.74, 6) is -13.5. The van der Waals surface area contributed by atoms with Gasteiger partial charge < -0.3 is 0 Å². The van der Waals surface area contributed by atoms with Crippen LogP contribution in [0.1, 0.15) is 36.6 Å². The molecule has 0 aromatic heterocycles. The van der Waals surface area contributed by atoms with Crippen LogP contribution in [0.3, 0.4) is 0 Å². The highest BCUT2D eigenvalue weighted by Crippen LogP contribution is 2.53. The lowest BCUT2D eigenvalue weighted by Gasteiger charge is -2.36. The molecule has 0 aliphatic heterocycles. The van der Waals surface area contributed by atoms with Crippen molar-refractivity contribution in [1.29, 1.82) is 0 Å². The molecule has 386 valence electrons. The van der Waals surface area contributed by atoms with E-state index in [4.69, 9.17) is 0 Å². The monoisotopic (exact) mass is 1080 g/mol. The molecule has 0 spiro atoms. The van der Waals surface area contributed by atoms with E-state index in [1.807, 2.05) is 4.74 Å². The van der Waals surface area contributed by atoms with Crippen LogP contribution in [-0.2, 0) is 24.4 Å². The van der Waals surface area contributed by atoms with E-state index in [9.17, 15) is 144 Å². The van der Waals surface area contributed by atoms with Crippen molar-refractivity contribution in [1.82, 2.24) is 0 Å². The highest BCUT2D eigenvalue weighted by Gasteiger charge is 2.80. The Labute approximate surface area is 330 Å². The lowest BCUT2D eigenvalue weighted by Crippen LogP contribution is -2.62. The molecule has 60 heavy (non-hydrogen) atoms. The Balaban J connectivity index is -0.0000000446. The Morgan fingerprint density at radius 1 is 0.467 bits per heavy atom. The van der Waals surface area contributed by atoms with Gasteiger partial charge in [0.05, 0.1) is 13.9 Å². The Hall–Kier alpha value is -1.86. The molecular weight excluding hydrogens is 1050 g/mol. The second kappa shape index (κ2) is 45.2. The average molecular weight is 1080 g/mol. The largest absolute Gasteiger partial charge is 0.458 e. The summed E-state index contributed by atoms with van der Waals surface area (Å²) in [5, 5.41) is -6.75. The fourth-order valence-electron chi connectivity index (χ4n) is 1.16. The Morgan fingerprint density at radius 3 is 0.817 bits per heavy atom. The third-order valence-corrected chi connectivity index (χ3v) is 4.18. The lowest BCUT2D eigenvalue weighted by molar-refractivity contribution is -0.513. The fourth-order valence-corrected chi connectivity index (χ4v) is 1.67. The van der Waals surface area contributed by atoms with E-state index in [0.717, 1.165) is 15.9 Å². The van der Waals surface area contributed by atoms with Gasteiger partial charge in [-0.2, -0.15) is 78.7 Å². The van der Waals surface area contributed by atoms with Crippen LogP contribution in [0.5, 0.6) is 0 Å². The van der Waals surface area contributed by atoms with Crippen molar-refractivity contribution in [2.24, 2.45) is 0 Å². The molecule has 0 saturated carbocycles. The molecule has 1 unspecified atom stereocenters. The summed E-state index contributed by atoms with van der Waals surface area (Å²) < 4.78 is 373.